The van der Waals surface area contributed by atoms with Crippen LogP contribution in [0.4, 0.5) is 17.1 Å². The first-order valence-corrected chi connectivity index (χ1v) is 18.9. The minimum absolute atomic E-state index is 1.02. The van der Waals surface area contributed by atoms with Crippen molar-refractivity contribution in [1.82, 2.24) is 0 Å². The lowest BCUT2D eigenvalue weighted by molar-refractivity contribution is 0.691. The van der Waals surface area contributed by atoms with Crippen molar-refractivity contribution in [3.63, 3.8) is 0 Å². The summed E-state index contributed by atoms with van der Waals surface area (Å²) in [5.74, 6) is 0. The van der Waals surface area contributed by atoms with Gasteiger partial charge in [-0.25, -0.2) is 0 Å². The molecule has 2 heteroatoms. The van der Waals surface area contributed by atoms with E-state index in [1.54, 1.807) is 0 Å². The lowest BCUT2D eigenvalue weighted by atomic mass is 9.92. The van der Waals surface area contributed by atoms with Crippen molar-refractivity contribution < 1.29 is 0 Å². The second kappa shape index (κ2) is 14.1. The van der Waals surface area contributed by atoms with Gasteiger partial charge in [0, 0.05) is 27.7 Å². The number of hydrogen-bond acceptors (Lipinski definition) is 2. The minimum Gasteiger partial charge on any atom is -0.313 e. The van der Waals surface area contributed by atoms with Gasteiger partial charge in [-0.15, -0.1) is 0 Å². The van der Waals surface area contributed by atoms with Crippen molar-refractivity contribution in [2.45, 2.75) is 39.5 Å². The molecule has 2 nitrogen and oxygen atoms in total. The Morgan fingerprint density at radius 1 is 0.528 bits per heavy atom. The van der Waals surface area contributed by atoms with Crippen molar-refractivity contribution >= 4 is 55.1 Å². The molecule has 0 aliphatic heterocycles. The van der Waals surface area contributed by atoms with Crippen LogP contribution >= 0.6 is 0 Å². The first-order chi connectivity index (χ1) is 26.1. The summed E-state index contributed by atoms with van der Waals surface area (Å²) in [7, 11) is 0. The molecule has 1 aliphatic carbocycles. The first-order valence-electron chi connectivity index (χ1n) is 18.9. The fourth-order valence-electron chi connectivity index (χ4n) is 8.19. The molecule has 0 saturated carbocycles. The highest BCUT2D eigenvalue weighted by Crippen LogP contribution is 2.45. The van der Waals surface area contributed by atoms with Gasteiger partial charge in [-0.05, 0) is 107 Å². The van der Waals surface area contributed by atoms with E-state index in [-0.39, 0.29) is 0 Å². The Morgan fingerprint density at radius 3 is 2.06 bits per heavy atom. The van der Waals surface area contributed by atoms with Crippen molar-refractivity contribution in [2.24, 2.45) is 4.99 Å². The maximum Gasteiger partial charge on any atom is 0.0740 e. The summed E-state index contributed by atoms with van der Waals surface area (Å²) in [5, 5.41) is 7.38. The molecular formula is C51H42N2. The number of allylic oxidation sites excluding steroid dienone is 2. The molecule has 53 heavy (non-hydrogen) atoms. The molecule has 0 aromatic heterocycles. The molecule has 256 valence electrons. The van der Waals surface area contributed by atoms with Gasteiger partial charge in [0.2, 0.25) is 0 Å². The fourth-order valence-corrected chi connectivity index (χ4v) is 8.19. The Balaban J connectivity index is 1.20. The van der Waals surface area contributed by atoms with Gasteiger partial charge < -0.3 is 4.90 Å². The number of fused-ring (bicyclic) bond motifs is 4. The van der Waals surface area contributed by atoms with Gasteiger partial charge in [0.1, 0.15) is 0 Å². The SMILES string of the molecule is CC(=Nc1c(C)ccc2c1ccc1ccc(-c3cccc4c(N(C5=CCCCC5)c5ccccc5-c5ccccc5)cccc34)cc12)c1ccccc1. The number of benzene rings is 8. The van der Waals surface area contributed by atoms with Crippen LogP contribution < -0.4 is 4.90 Å². The molecule has 0 bridgehead atoms. The molecule has 0 heterocycles. The third-order valence-electron chi connectivity index (χ3n) is 10.9. The summed E-state index contributed by atoms with van der Waals surface area (Å²) in [6.45, 7) is 4.27. The van der Waals surface area contributed by atoms with E-state index in [1.165, 1.54) is 90.0 Å². The van der Waals surface area contributed by atoms with Crippen LogP contribution in [0.3, 0.4) is 0 Å². The van der Waals surface area contributed by atoms with E-state index in [0.717, 1.165) is 29.8 Å². The normalized spacial score (nSPS) is 13.4. The molecule has 1 aliphatic rings. The van der Waals surface area contributed by atoms with Crippen LogP contribution in [0.15, 0.2) is 181 Å². The van der Waals surface area contributed by atoms with Crippen LogP contribution in [0.2, 0.25) is 0 Å². The zero-order chi connectivity index (χ0) is 35.7. The van der Waals surface area contributed by atoms with E-state index >= 15 is 0 Å². The number of rotatable bonds is 7. The Bertz CT molecular complexity index is 2680. The van der Waals surface area contributed by atoms with Crippen LogP contribution in [-0.4, -0.2) is 5.71 Å². The highest BCUT2D eigenvalue weighted by molar-refractivity contribution is 6.15. The van der Waals surface area contributed by atoms with Gasteiger partial charge in [0.25, 0.3) is 0 Å². The minimum atomic E-state index is 1.02. The van der Waals surface area contributed by atoms with Gasteiger partial charge in [0.15, 0.2) is 0 Å². The standard InChI is InChI=1S/C51H42N2/c1-35-28-32-45-47(51(35)52-36(2)37-16-6-3-7-17-37)33-31-39-29-30-40(34-48(39)45)42-23-14-25-46-44(42)24-15-27-50(46)53(41-20-10-5-11-21-41)49-26-13-12-22-43(49)38-18-8-4-9-19-38/h3-4,6-9,12-20,22-34H,5,10-11,21H2,1-2H3. The van der Waals surface area contributed by atoms with E-state index in [9.17, 15) is 0 Å². The molecule has 0 spiro atoms. The van der Waals surface area contributed by atoms with Gasteiger partial charge in [-0.3, -0.25) is 4.99 Å². The molecule has 0 N–H and O–H groups in total. The maximum atomic E-state index is 5.21. The van der Waals surface area contributed by atoms with Gasteiger partial charge in [0.05, 0.1) is 17.1 Å². The smallest absolute Gasteiger partial charge is 0.0740 e. The van der Waals surface area contributed by atoms with E-state index in [2.05, 4.69) is 189 Å². The Labute approximate surface area is 312 Å². The summed E-state index contributed by atoms with van der Waals surface area (Å²) in [6, 6.07) is 59.7. The topological polar surface area (TPSA) is 15.6 Å². The van der Waals surface area contributed by atoms with Crippen LogP contribution in [-0.2, 0) is 0 Å². The Hall–Kier alpha value is -6.25. The van der Waals surface area contributed by atoms with E-state index in [4.69, 9.17) is 4.99 Å². The zero-order valence-electron chi connectivity index (χ0n) is 30.4. The van der Waals surface area contributed by atoms with Gasteiger partial charge in [-0.2, -0.15) is 0 Å². The highest BCUT2D eigenvalue weighted by Gasteiger charge is 2.22. The highest BCUT2D eigenvalue weighted by atomic mass is 15.2. The van der Waals surface area contributed by atoms with Crippen LogP contribution in [0, 0.1) is 6.92 Å². The molecule has 0 atom stereocenters. The summed E-state index contributed by atoms with van der Waals surface area (Å²) in [5.41, 5.74) is 13.1. The number of nitrogens with zero attached hydrogens (tertiary/aromatic N) is 2. The average molecular weight is 683 g/mol. The van der Waals surface area contributed by atoms with Gasteiger partial charge >= 0.3 is 0 Å². The van der Waals surface area contributed by atoms with Crippen LogP contribution in [0.1, 0.15) is 43.7 Å². The lowest BCUT2D eigenvalue weighted by Crippen LogP contribution is -2.19. The van der Waals surface area contributed by atoms with E-state index in [1.807, 2.05) is 0 Å². The summed E-state index contributed by atoms with van der Waals surface area (Å²) in [6.07, 6.45) is 7.08. The predicted octanol–water partition coefficient (Wildman–Crippen LogP) is 14.5. The zero-order valence-corrected chi connectivity index (χ0v) is 30.4. The first kappa shape index (κ1) is 32.6. The molecule has 0 fully saturated rings. The van der Waals surface area contributed by atoms with Crippen molar-refractivity contribution in [3.8, 4) is 22.3 Å². The predicted molar refractivity (Wildman–Crippen MR) is 228 cm³/mol. The number of aryl methyl sites for hydroxylation is 1. The number of hydrogen-bond donors (Lipinski definition) is 0. The molecule has 8 aromatic carbocycles. The van der Waals surface area contributed by atoms with Gasteiger partial charge in [-0.1, -0.05) is 152 Å². The molecule has 9 rings (SSSR count). The second-order valence-electron chi connectivity index (χ2n) is 14.2. The molecule has 0 radical (unpaired) electrons. The Morgan fingerprint density at radius 2 is 1.23 bits per heavy atom. The number of aliphatic imine (C=N–C) groups is 1. The van der Waals surface area contributed by atoms with Crippen molar-refractivity contribution in [2.75, 3.05) is 4.90 Å². The molecule has 8 aromatic rings. The summed E-state index contributed by atoms with van der Waals surface area (Å²) in [4.78, 5) is 7.75. The van der Waals surface area contributed by atoms with Crippen molar-refractivity contribution in [1.29, 1.82) is 0 Å². The maximum absolute atomic E-state index is 5.21. The lowest BCUT2D eigenvalue weighted by Gasteiger charge is -2.32. The average Bonchev–Trinajstić information content (AvgIpc) is 3.22. The van der Waals surface area contributed by atoms with Crippen molar-refractivity contribution in [3.05, 3.63) is 187 Å². The molecule has 0 amide bonds. The summed E-state index contributed by atoms with van der Waals surface area (Å²) < 4.78 is 0. The Kier molecular flexibility index (Phi) is 8.65. The molecule has 0 unspecified atom stereocenters. The summed E-state index contributed by atoms with van der Waals surface area (Å²) >= 11 is 0. The second-order valence-corrected chi connectivity index (χ2v) is 14.2. The quantitative estimate of drug-likeness (QED) is 0.121. The van der Waals surface area contributed by atoms with Crippen LogP contribution in [0.25, 0.3) is 54.6 Å². The number of para-hydroxylation sites is 1. The third-order valence-corrected chi connectivity index (χ3v) is 10.9. The van der Waals surface area contributed by atoms with E-state index in [0.29, 0.717) is 0 Å². The monoisotopic (exact) mass is 682 g/mol. The number of anilines is 2. The van der Waals surface area contributed by atoms with E-state index < -0.39 is 0 Å². The third kappa shape index (κ3) is 6.11. The molecule has 0 saturated heterocycles. The van der Waals surface area contributed by atoms with Crippen LogP contribution in [0.5, 0.6) is 0 Å². The molecular weight excluding hydrogens is 641 g/mol. The largest absolute Gasteiger partial charge is 0.313 e. The fraction of sp³-hybridized carbons (Fsp3) is 0.118.